The molecule has 0 radical (unpaired) electrons. The number of piperidine rings is 1. The average Bonchev–Trinajstić information content (AvgIpc) is 3.31. The van der Waals surface area contributed by atoms with Gasteiger partial charge in [0.25, 0.3) is 11.8 Å². The van der Waals surface area contributed by atoms with Gasteiger partial charge in [0.2, 0.25) is 0 Å². The van der Waals surface area contributed by atoms with E-state index in [4.69, 9.17) is 4.52 Å². The van der Waals surface area contributed by atoms with E-state index in [1.165, 1.54) is 11.3 Å². The van der Waals surface area contributed by atoms with Crippen LogP contribution in [0.25, 0.3) is 11.6 Å². The van der Waals surface area contributed by atoms with Crippen LogP contribution in [0.3, 0.4) is 0 Å². The summed E-state index contributed by atoms with van der Waals surface area (Å²) in [7, 11) is 0. The summed E-state index contributed by atoms with van der Waals surface area (Å²) in [5, 5.41) is 4.12. The van der Waals surface area contributed by atoms with Crippen molar-refractivity contribution in [2.45, 2.75) is 25.7 Å². The summed E-state index contributed by atoms with van der Waals surface area (Å²) in [6.07, 6.45) is 3.55. The number of carbonyl (C=O) groups excluding carboxylic acids is 1. The number of rotatable bonds is 3. The van der Waals surface area contributed by atoms with Gasteiger partial charge in [-0.3, -0.25) is 9.78 Å². The summed E-state index contributed by atoms with van der Waals surface area (Å²) in [4.78, 5) is 28.2. The number of aromatic nitrogens is 4. The molecule has 0 aliphatic carbocycles. The second kappa shape index (κ2) is 6.72. The van der Waals surface area contributed by atoms with Gasteiger partial charge in [0.15, 0.2) is 5.82 Å². The maximum atomic E-state index is 12.7. The minimum absolute atomic E-state index is 0.0399. The van der Waals surface area contributed by atoms with Crippen molar-refractivity contribution in [3.05, 3.63) is 46.3 Å². The van der Waals surface area contributed by atoms with Gasteiger partial charge in [0.1, 0.15) is 10.6 Å². The lowest BCUT2D eigenvalue weighted by atomic mass is 9.97. The molecular weight excluding hydrogens is 338 g/mol. The van der Waals surface area contributed by atoms with Crippen LogP contribution in [0.15, 0.2) is 34.4 Å². The molecule has 1 aliphatic rings. The van der Waals surface area contributed by atoms with E-state index >= 15 is 0 Å². The molecule has 0 unspecified atom stereocenters. The molecule has 1 atom stereocenters. The van der Waals surface area contributed by atoms with E-state index in [0.717, 1.165) is 25.1 Å². The van der Waals surface area contributed by atoms with Crippen molar-refractivity contribution < 1.29 is 9.32 Å². The van der Waals surface area contributed by atoms with Gasteiger partial charge in [-0.15, -0.1) is 11.3 Å². The second-order valence-electron chi connectivity index (χ2n) is 6.03. The number of thiazole rings is 1. The molecule has 3 aromatic rings. The summed E-state index contributed by atoms with van der Waals surface area (Å²) in [6.45, 7) is 3.21. The molecule has 0 saturated carbocycles. The average molecular weight is 355 g/mol. The summed E-state index contributed by atoms with van der Waals surface area (Å²) >= 11 is 1.39. The zero-order valence-corrected chi connectivity index (χ0v) is 14.6. The Labute approximate surface area is 148 Å². The lowest BCUT2D eigenvalue weighted by Crippen LogP contribution is -2.39. The van der Waals surface area contributed by atoms with Crippen molar-refractivity contribution in [3.63, 3.8) is 0 Å². The van der Waals surface area contributed by atoms with Crippen LogP contribution >= 0.6 is 11.3 Å². The lowest BCUT2D eigenvalue weighted by Gasteiger charge is -2.31. The molecule has 0 aromatic carbocycles. The third-order valence-corrected chi connectivity index (χ3v) is 5.26. The molecule has 0 bridgehead atoms. The highest BCUT2D eigenvalue weighted by Crippen LogP contribution is 2.28. The van der Waals surface area contributed by atoms with Crippen LogP contribution < -0.4 is 0 Å². The fourth-order valence-electron chi connectivity index (χ4n) is 3.02. The van der Waals surface area contributed by atoms with Gasteiger partial charge in [-0.1, -0.05) is 11.2 Å². The highest BCUT2D eigenvalue weighted by atomic mass is 32.1. The van der Waals surface area contributed by atoms with Gasteiger partial charge in [0.05, 0.1) is 11.2 Å². The second-order valence-corrected chi connectivity index (χ2v) is 6.88. The van der Waals surface area contributed by atoms with E-state index in [-0.39, 0.29) is 11.8 Å². The van der Waals surface area contributed by atoms with Gasteiger partial charge in [0, 0.05) is 25.2 Å². The predicted molar refractivity (Wildman–Crippen MR) is 92.3 cm³/mol. The molecule has 4 rings (SSSR count). The Balaban J connectivity index is 1.51. The predicted octanol–water partition coefficient (Wildman–Crippen LogP) is 2.92. The molecule has 0 N–H and O–H groups in total. The molecule has 3 aromatic heterocycles. The highest BCUT2D eigenvalue weighted by Gasteiger charge is 2.30. The monoisotopic (exact) mass is 355 g/mol. The topological polar surface area (TPSA) is 85.0 Å². The largest absolute Gasteiger partial charge is 0.337 e. The first-order chi connectivity index (χ1) is 12.2. The Morgan fingerprint density at radius 3 is 3.04 bits per heavy atom. The molecule has 1 amide bonds. The molecule has 1 fully saturated rings. The molecule has 1 saturated heterocycles. The Bertz CT molecular complexity index is 876. The summed E-state index contributed by atoms with van der Waals surface area (Å²) in [5.74, 6) is 1.17. The van der Waals surface area contributed by atoms with Crippen LogP contribution in [0.2, 0.25) is 0 Å². The van der Waals surface area contributed by atoms with Crippen LogP contribution in [-0.4, -0.2) is 44.0 Å². The standard InChI is InChI=1S/C17H17N5O2S/c1-11-14(25-10-19-11)17(23)22-8-4-5-12(9-22)15-20-16(24-21-15)13-6-2-3-7-18-13/h2-3,6-7,10,12H,4-5,8-9H2,1H3/t12-/m0/s1. The number of amides is 1. The molecule has 7 nitrogen and oxygen atoms in total. The van der Waals surface area contributed by atoms with Crippen molar-refractivity contribution in [1.82, 2.24) is 25.0 Å². The number of likely N-dealkylation sites (tertiary alicyclic amines) is 1. The molecule has 0 spiro atoms. The minimum atomic E-state index is 0.0399. The van der Waals surface area contributed by atoms with E-state index in [2.05, 4.69) is 20.1 Å². The van der Waals surface area contributed by atoms with Crippen LogP contribution in [0.4, 0.5) is 0 Å². The Morgan fingerprint density at radius 1 is 1.36 bits per heavy atom. The third kappa shape index (κ3) is 3.17. The number of hydrogen-bond acceptors (Lipinski definition) is 7. The molecule has 1 aliphatic heterocycles. The number of aryl methyl sites for hydroxylation is 1. The smallest absolute Gasteiger partial charge is 0.276 e. The Morgan fingerprint density at radius 2 is 2.28 bits per heavy atom. The molecule has 4 heterocycles. The first kappa shape index (κ1) is 15.9. The number of pyridine rings is 1. The maximum absolute atomic E-state index is 12.7. The first-order valence-electron chi connectivity index (χ1n) is 8.16. The molecule has 25 heavy (non-hydrogen) atoms. The van der Waals surface area contributed by atoms with Gasteiger partial charge in [-0.25, -0.2) is 4.98 Å². The fourth-order valence-corrected chi connectivity index (χ4v) is 3.79. The highest BCUT2D eigenvalue weighted by molar-refractivity contribution is 7.11. The van der Waals surface area contributed by atoms with Gasteiger partial charge >= 0.3 is 0 Å². The van der Waals surface area contributed by atoms with Crippen molar-refractivity contribution in [3.8, 4) is 11.6 Å². The Hall–Kier alpha value is -2.61. The van der Waals surface area contributed by atoms with Crippen LogP contribution in [0.1, 0.15) is 39.9 Å². The molecule has 8 heteroatoms. The van der Waals surface area contributed by atoms with Crippen LogP contribution in [-0.2, 0) is 0 Å². The van der Waals surface area contributed by atoms with E-state index < -0.39 is 0 Å². The lowest BCUT2D eigenvalue weighted by molar-refractivity contribution is 0.0707. The van der Waals surface area contributed by atoms with E-state index in [0.29, 0.717) is 28.8 Å². The van der Waals surface area contributed by atoms with E-state index in [1.54, 1.807) is 11.7 Å². The fraction of sp³-hybridized carbons (Fsp3) is 0.353. The molecular formula is C17H17N5O2S. The van der Waals surface area contributed by atoms with Crippen molar-refractivity contribution in [2.75, 3.05) is 13.1 Å². The normalized spacial score (nSPS) is 17.6. The summed E-state index contributed by atoms with van der Waals surface area (Å²) in [6, 6.07) is 5.55. The zero-order chi connectivity index (χ0) is 17.2. The minimum Gasteiger partial charge on any atom is -0.337 e. The van der Waals surface area contributed by atoms with Gasteiger partial charge < -0.3 is 9.42 Å². The number of hydrogen-bond donors (Lipinski definition) is 0. The van der Waals surface area contributed by atoms with Crippen LogP contribution in [0, 0.1) is 6.92 Å². The van der Waals surface area contributed by atoms with E-state index in [1.807, 2.05) is 30.0 Å². The molecule has 128 valence electrons. The van der Waals surface area contributed by atoms with Gasteiger partial charge in [-0.2, -0.15) is 4.98 Å². The van der Waals surface area contributed by atoms with Crippen molar-refractivity contribution in [1.29, 1.82) is 0 Å². The van der Waals surface area contributed by atoms with Gasteiger partial charge in [-0.05, 0) is 31.9 Å². The SMILES string of the molecule is Cc1ncsc1C(=O)N1CCC[C@H](c2noc(-c3ccccn3)n2)C1. The van der Waals surface area contributed by atoms with Crippen molar-refractivity contribution >= 4 is 17.2 Å². The third-order valence-electron chi connectivity index (χ3n) is 4.34. The Kier molecular flexibility index (Phi) is 4.27. The maximum Gasteiger partial charge on any atom is 0.276 e. The van der Waals surface area contributed by atoms with E-state index in [9.17, 15) is 4.79 Å². The zero-order valence-electron chi connectivity index (χ0n) is 13.8. The van der Waals surface area contributed by atoms with Crippen LogP contribution in [0.5, 0.6) is 0 Å². The summed E-state index contributed by atoms with van der Waals surface area (Å²) < 4.78 is 5.36. The first-order valence-corrected chi connectivity index (χ1v) is 9.04. The van der Waals surface area contributed by atoms with Crippen molar-refractivity contribution in [2.24, 2.45) is 0 Å². The number of carbonyl (C=O) groups is 1. The summed E-state index contributed by atoms with van der Waals surface area (Å²) in [5.41, 5.74) is 3.15. The quantitative estimate of drug-likeness (QED) is 0.718. The number of nitrogens with zero attached hydrogens (tertiary/aromatic N) is 5.